The number of urea groups is 1. The molecule has 20 heavy (non-hydrogen) atoms. The van der Waals surface area contributed by atoms with Gasteiger partial charge in [-0.15, -0.1) is 0 Å². The summed E-state index contributed by atoms with van der Waals surface area (Å²) in [6.45, 7) is 5.69. The highest BCUT2D eigenvalue weighted by Gasteiger charge is 2.32. The Labute approximate surface area is 126 Å². The number of nitrogens with one attached hydrogen (secondary N) is 1. The van der Waals surface area contributed by atoms with E-state index in [0.29, 0.717) is 16.7 Å². The number of hydrogen-bond acceptors (Lipinski definition) is 2. The first kappa shape index (κ1) is 14.8. The van der Waals surface area contributed by atoms with Gasteiger partial charge in [0.25, 0.3) is 0 Å². The second kappa shape index (κ2) is 5.44. The van der Waals surface area contributed by atoms with E-state index in [4.69, 9.17) is 5.11 Å². The van der Waals surface area contributed by atoms with Crippen LogP contribution >= 0.6 is 15.9 Å². The van der Waals surface area contributed by atoms with Gasteiger partial charge in [0.1, 0.15) is 0 Å². The highest BCUT2D eigenvalue weighted by molar-refractivity contribution is 9.10. The molecule has 0 radical (unpaired) electrons. The summed E-state index contributed by atoms with van der Waals surface area (Å²) in [6.07, 6.45) is 0.973. The van der Waals surface area contributed by atoms with E-state index in [0.717, 1.165) is 13.0 Å². The summed E-state index contributed by atoms with van der Waals surface area (Å²) in [6, 6.07) is 4.56. The maximum atomic E-state index is 12.1. The van der Waals surface area contributed by atoms with E-state index < -0.39 is 5.97 Å². The third-order valence-electron chi connectivity index (χ3n) is 3.41. The smallest absolute Gasteiger partial charge is 0.336 e. The molecule has 5 nitrogen and oxygen atoms in total. The molecule has 2 amide bonds. The molecular formula is C14H17BrN2O3. The highest BCUT2D eigenvalue weighted by atomic mass is 79.9. The molecule has 108 valence electrons. The molecule has 0 saturated carbocycles. The Balaban J connectivity index is 2.09. The zero-order chi connectivity index (χ0) is 14.9. The van der Waals surface area contributed by atoms with Gasteiger partial charge < -0.3 is 15.3 Å². The van der Waals surface area contributed by atoms with Crippen LogP contribution < -0.4 is 5.32 Å². The van der Waals surface area contributed by atoms with Crippen molar-refractivity contribution in [2.45, 2.75) is 20.3 Å². The van der Waals surface area contributed by atoms with Gasteiger partial charge in [-0.1, -0.05) is 13.8 Å². The minimum Gasteiger partial charge on any atom is -0.478 e. The van der Waals surface area contributed by atoms with Crippen LogP contribution in [0.25, 0.3) is 0 Å². The number of benzene rings is 1. The van der Waals surface area contributed by atoms with Crippen molar-refractivity contribution >= 4 is 33.6 Å². The van der Waals surface area contributed by atoms with Gasteiger partial charge >= 0.3 is 12.0 Å². The van der Waals surface area contributed by atoms with E-state index in [1.807, 2.05) is 0 Å². The van der Waals surface area contributed by atoms with Crippen LogP contribution in [0.3, 0.4) is 0 Å². The lowest BCUT2D eigenvalue weighted by Crippen LogP contribution is -2.34. The number of rotatable bonds is 2. The molecule has 0 aromatic heterocycles. The van der Waals surface area contributed by atoms with E-state index in [1.165, 1.54) is 6.07 Å². The Hall–Kier alpha value is -1.56. The molecule has 1 fully saturated rings. The highest BCUT2D eigenvalue weighted by Crippen LogP contribution is 2.29. The molecule has 1 aromatic carbocycles. The van der Waals surface area contributed by atoms with Crippen LogP contribution in [0.5, 0.6) is 0 Å². The molecule has 1 aromatic rings. The molecule has 1 aliphatic heterocycles. The predicted octanol–water partition coefficient (Wildman–Crippen LogP) is 3.41. The molecule has 0 atom stereocenters. The average Bonchev–Trinajstić information content (AvgIpc) is 2.72. The van der Waals surface area contributed by atoms with Crippen molar-refractivity contribution in [3.8, 4) is 0 Å². The van der Waals surface area contributed by atoms with Crippen LogP contribution in [0.4, 0.5) is 10.5 Å². The van der Waals surface area contributed by atoms with E-state index in [-0.39, 0.29) is 17.0 Å². The molecule has 1 aliphatic rings. The van der Waals surface area contributed by atoms with Crippen molar-refractivity contribution in [1.82, 2.24) is 4.90 Å². The largest absolute Gasteiger partial charge is 0.478 e. The van der Waals surface area contributed by atoms with Gasteiger partial charge in [-0.3, -0.25) is 0 Å². The minimum atomic E-state index is -1.03. The monoisotopic (exact) mass is 340 g/mol. The lowest BCUT2D eigenvalue weighted by molar-refractivity contribution is 0.0696. The first-order chi connectivity index (χ1) is 9.28. The van der Waals surface area contributed by atoms with Gasteiger partial charge in [-0.05, 0) is 46.0 Å². The lowest BCUT2D eigenvalue weighted by atomic mass is 9.93. The Bertz CT molecular complexity index is 557. The molecule has 0 bridgehead atoms. The fourth-order valence-electron chi connectivity index (χ4n) is 2.26. The fraction of sp³-hybridized carbons (Fsp3) is 0.429. The van der Waals surface area contributed by atoms with Crippen molar-refractivity contribution in [2.75, 3.05) is 18.4 Å². The van der Waals surface area contributed by atoms with Crippen LogP contribution in [0.1, 0.15) is 30.6 Å². The van der Waals surface area contributed by atoms with Gasteiger partial charge in [0.2, 0.25) is 0 Å². The first-order valence-electron chi connectivity index (χ1n) is 6.37. The van der Waals surface area contributed by atoms with Gasteiger partial charge in [-0.2, -0.15) is 0 Å². The van der Waals surface area contributed by atoms with Gasteiger partial charge in [0, 0.05) is 23.2 Å². The standard InChI is InChI=1S/C14H17BrN2O3/c1-14(2)5-6-17(8-14)13(20)16-9-3-4-11(15)10(7-9)12(18)19/h3-4,7H,5-6,8H2,1-2H3,(H,16,20)(H,18,19). The Morgan fingerprint density at radius 2 is 2.10 bits per heavy atom. The second-order valence-electron chi connectivity index (χ2n) is 5.77. The normalized spacial score (nSPS) is 17.1. The van der Waals surface area contributed by atoms with Crippen molar-refractivity contribution in [3.05, 3.63) is 28.2 Å². The number of carbonyl (C=O) groups excluding carboxylic acids is 1. The van der Waals surface area contributed by atoms with Gasteiger partial charge in [0.05, 0.1) is 5.56 Å². The maximum absolute atomic E-state index is 12.1. The number of nitrogens with zero attached hydrogens (tertiary/aromatic N) is 1. The maximum Gasteiger partial charge on any atom is 0.336 e. The average molecular weight is 341 g/mol. The number of aromatic carboxylic acids is 1. The number of carboxylic acid groups (broad SMARTS) is 1. The summed E-state index contributed by atoms with van der Waals surface area (Å²) >= 11 is 3.17. The minimum absolute atomic E-state index is 0.129. The topological polar surface area (TPSA) is 69.6 Å². The summed E-state index contributed by atoms with van der Waals surface area (Å²) in [4.78, 5) is 24.9. The summed E-state index contributed by atoms with van der Waals surface area (Å²) in [5.74, 6) is -1.03. The number of halogens is 1. The molecule has 0 spiro atoms. The molecule has 6 heteroatoms. The SMILES string of the molecule is CC1(C)CCN(C(=O)Nc2ccc(Br)c(C(=O)O)c2)C1. The fourth-order valence-corrected chi connectivity index (χ4v) is 2.67. The van der Waals surface area contributed by atoms with Crippen LogP contribution in [0, 0.1) is 5.41 Å². The number of amides is 2. The molecule has 2 rings (SSSR count). The van der Waals surface area contributed by atoms with E-state index in [1.54, 1.807) is 17.0 Å². The molecule has 0 unspecified atom stereocenters. The first-order valence-corrected chi connectivity index (χ1v) is 7.17. The van der Waals surface area contributed by atoms with Crippen LogP contribution in [0.15, 0.2) is 22.7 Å². The summed E-state index contributed by atoms with van der Waals surface area (Å²) < 4.78 is 0.491. The zero-order valence-electron chi connectivity index (χ0n) is 11.4. The molecule has 1 heterocycles. The third-order valence-corrected chi connectivity index (χ3v) is 4.10. The van der Waals surface area contributed by atoms with Crippen molar-refractivity contribution in [1.29, 1.82) is 0 Å². The van der Waals surface area contributed by atoms with Crippen molar-refractivity contribution in [2.24, 2.45) is 5.41 Å². The summed E-state index contributed by atoms with van der Waals surface area (Å²) in [5.41, 5.74) is 0.758. The third kappa shape index (κ3) is 3.30. The van der Waals surface area contributed by atoms with Gasteiger partial charge in [0.15, 0.2) is 0 Å². The van der Waals surface area contributed by atoms with Gasteiger partial charge in [-0.25, -0.2) is 9.59 Å². The quantitative estimate of drug-likeness (QED) is 0.866. The number of hydrogen-bond donors (Lipinski definition) is 2. The van der Waals surface area contributed by atoms with E-state index in [9.17, 15) is 9.59 Å². The number of anilines is 1. The summed E-state index contributed by atoms with van der Waals surface area (Å²) in [7, 11) is 0. The Morgan fingerprint density at radius 1 is 1.40 bits per heavy atom. The number of carboxylic acids is 1. The second-order valence-corrected chi connectivity index (χ2v) is 6.62. The molecule has 1 saturated heterocycles. The zero-order valence-corrected chi connectivity index (χ0v) is 13.0. The molecule has 2 N–H and O–H groups in total. The van der Waals surface area contributed by atoms with Crippen LogP contribution in [-0.2, 0) is 0 Å². The molecular weight excluding hydrogens is 324 g/mol. The predicted molar refractivity (Wildman–Crippen MR) is 80.1 cm³/mol. The Kier molecular flexibility index (Phi) is 4.04. The molecule has 0 aliphatic carbocycles. The lowest BCUT2D eigenvalue weighted by Gasteiger charge is -2.20. The van der Waals surface area contributed by atoms with E-state index in [2.05, 4.69) is 35.1 Å². The van der Waals surface area contributed by atoms with E-state index >= 15 is 0 Å². The summed E-state index contributed by atoms with van der Waals surface area (Å²) in [5, 5.41) is 11.8. The van der Waals surface area contributed by atoms with Crippen molar-refractivity contribution < 1.29 is 14.7 Å². The van der Waals surface area contributed by atoms with Crippen LogP contribution in [-0.4, -0.2) is 35.1 Å². The Morgan fingerprint density at radius 3 is 2.65 bits per heavy atom. The van der Waals surface area contributed by atoms with Crippen molar-refractivity contribution in [3.63, 3.8) is 0 Å². The van der Waals surface area contributed by atoms with Crippen LogP contribution in [0.2, 0.25) is 0 Å². The number of likely N-dealkylation sites (tertiary alicyclic amines) is 1. The number of carbonyl (C=O) groups is 2.